The van der Waals surface area contributed by atoms with Gasteiger partial charge in [-0.3, -0.25) is 0 Å². The van der Waals surface area contributed by atoms with Gasteiger partial charge in [0.05, 0.1) is 18.3 Å². The van der Waals surface area contributed by atoms with Crippen LogP contribution in [0.1, 0.15) is 50.0 Å². The summed E-state index contributed by atoms with van der Waals surface area (Å²) in [4.78, 5) is 4.82. The zero-order valence-corrected chi connectivity index (χ0v) is 14.3. The second-order valence-electron chi connectivity index (χ2n) is 6.05. The van der Waals surface area contributed by atoms with E-state index >= 15 is 0 Å². The second kappa shape index (κ2) is 6.58. The number of thiazole rings is 1. The van der Waals surface area contributed by atoms with Crippen LogP contribution in [0.25, 0.3) is 0 Å². The maximum atomic E-state index is 5.59. The molecule has 0 aliphatic carbocycles. The van der Waals surface area contributed by atoms with E-state index in [1.807, 2.05) is 26.1 Å². The monoisotopic (exact) mass is 304 g/mol. The number of hydrogen-bond donors (Lipinski definition) is 1. The zero-order chi connectivity index (χ0) is 15.5. The Morgan fingerprint density at radius 2 is 2.10 bits per heavy atom. The molecule has 114 valence electrons. The van der Waals surface area contributed by atoms with Crippen LogP contribution in [-0.2, 0) is 5.41 Å². The van der Waals surface area contributed by atoms with E-state index in [1.54, 1.807) is 11.3 Å². The maximum absolute atomic E-state index is 5.59. The van der Waals surface area contributed by atoms with Gasteiger partial charge in [-0.25, -0.2) is 4.98 Å². The van der Waals surface area contributed by atoms with Gasteiger partial charge >= 0.3 is 0 Å². The first-order chi connectivity index (χ1) is 9.95. The molecule has 2 rings (SSSR count). The fraction of sp³-hybridized carbons (Fsp3) is 0.471. The fourth-order valence-corrected chi connectivity index (χ4v) is 3.33. The first kappa shape index (κ1) is 16.0. The summed E-state index contributed by atoms with van der Waals surface area (Å²) < 4.78 is 5.59. The van der Waals surface area contributed by atoms with Gasteiger partial charge < -0.3 is 10.1 Å². The van der Waals surface area contributed by atoms with Crippen LogP contribution in [0.2, 0.25) is 0 Å². The number of ether oxygens (including phenoxy) is 1. The Bertz CT molecular complexity index is 586. The molecule has 2 aromatic rings. The Morgan fingerprint density at radius 1 is 1.33 bits per heavy atom. The van der Waals surface area contributed by atoms with Crippen LogP contribution >= 0.6 is 11.3 Å². The summed E-state index contributed by atoms with van der Waals surface area (Å²) in [6.45, 7) is 9.25. The number of rotatable bonds is 5. The summed E-state index contributed by atoms with van der Waals surface area (Å²) in [6.07, 6.45) is 0. The van der Waals surface area contributed by atoms with E-state index in [2.05, 4.69) is 43.6 Å². The summed E-state index contributed by atoms with van der Waals surface area (Å²) in [5, 5.41) is 6.61. The predicted molar refractivity (Wildman–Crippen MR) is 89.3 cm³/mol. The van der Waals surface area contributed by atoms with Gasteiger partial charge in [-0.05, 0) is 31.7 Å². The molecule has 0 fully saturated rings. The molecule has 1 aromatic carbocycles. The summed E-state index contributed by atoms with van der Waals surface area (Å²) in [6, 6.07) is 8.32. The lowest BCUT2D eigenvalue weighted by Crippen LogP contribution is -2.18. The first-order valence-corrected chi connectivity index (χ1v) is 8.19. The van der Waals surface area contributed by atoms with Crippen molar-refractivity contribution in [1.29, 1.82) is 0 Å². The predicted octanol–water partition coefficient (Wildman–Crippen LogP) is 4.15. The van der Waals surface area contributed by atoms with Crippen molar-refractivity contribution in [1.82, 2.24) is 10.3 Å². The van der Waals surface area contributed by atoms with Crippen LogP contribution in [-0.4, -0.2) is 18.6 Å². The number of benzene rings is 1. The van der Waals surface area contributed by atoms with Crippen LogP contribution < -0.4 is 10.1 Å². The Morgan fingerprint density at radius 3 is 2.67 bits per heavy atom. The number of aromatic nitrogens is 1. The molecule has 0 aliphatic heterocycles. The van der Waals surface area contributed by atoms with Crippen molar-refractivity contribution in [2.45, 2.75) is 39.2 Å². The summed E-state index contributed by atoms with van der Waals surface area (Å²) in [5.41, 5.74) is 2.40. The quantitative estimate of drug-likeness (QED) is 0.901. The van der Waals surface area contributed by atoms with Crippen molar-refractivity contribution >= 4 is 11.3 Å². The molecule has 21 heavy (non-hydrogen) atoms. The zero-order valence-electron chi connectivity index (χ0n) is 13.4. The molecular weight excluding hydrogens is 280 g/mol. The number of nitrogens with one attached hydrogen (secondary N) is 1. The molecule has 0 spiro atoms. The largest absolute Gasteiger partial charge is 0.494 e. The Labute approximate surface area is 131 Å². The van der Waals surface area contributed by atoms with E-state index in [9.17, 15) is 0 Å². The van der Waals surface area contributed by atoms with E-state index in [-0.39, 0.29) is 11.5 Å². The lowest BCUT2D eigenvalue weighted by atomic mass is 9.93. The number of hydrogen-bond acceptors (Lipinski definition) is 4. The Balaban J connectivity index is 2.31. The van der Waals surface area contributed by atoms with Crippen LogP contribution in [0.4, 0.5) is 0 Å². The molecule has 1 N–H and O–H groups in total. The molecule has 0 radical (unpaired) electrons. The second-order valence-corrected chi connectivity index (χ2v) is 6.94. The van der Waals surface area contributed by atoms with Crippen LogP contribution in [0, 0.1) is 0 Å². The van der Waals surface area contributed by atoms with E-state index in [0.29, 0.717) is 6.61 Å². The van der Waals surface area contributed by atoms with Crippen LogP contribution in [0.5, 0.6) is 5.75 Å². The van der Waals surface area contributed by atoms with Crippen molar-refractivity contribution < 1.29 is 4.74 Å². The molecule has 1 aromatic heterocycles. The van der Waals surface area contributed by atoms with Gasteiger partial charge in [-0.1, -0.05) is 32.9 Å². The topological polar surface area (TPSA) is 34.1 Å². The molecule has 0 amide bonds. The smallest absolute Gasteiger partial charge is 0.119 e. The summed E-state index contributed by atoms with van der Waals surface area (Å²) in [5.74, 6) is 0.905. The normalized spacial score (nSPS) is 13.2. The molecule has 0 saturated heterocycles. The molecular formula is C17H24N2OS. The highest BCUT2D eigenvalue weighted by atomic mass is 32.1. The maximum Gasteiger partial charge on any atom is 0.119 e. The number of nitrogens with zero attached hydrogens (tertiary/aromatic N) is 1. The van der Waals surface area contributed by atoms with Gasteiger partial charge in [-0.2, -0.15) is 0 Å². The SMILES string of the molecule is CCOc1cccc(C(NC)c2nc(C(C)(C)C)cs2)c1. The molecule has 0 saturated carbocycles. The van der Waals surface area contributed by atoms with Gasteiger partial charge in [0, 0.05) is 10.8 Å². The van der Waals surface area contributed by atoms with Crippen molar-refractivity contribution in [3.05, 3.63) is 45.9 Å². The van der Waals surface area contributed by atoms with Crippen molar-refractivity contribution in [2.75, 3.05) is 13.7 Å². The lowest BCUT2D eigenvalue weighted by Gasteiger charge is -2.17. The summed E-state index contributed by atoms with van der Waals surface area (Å²) >= 11 is 1.71. The minimum atomic E-state index is 0.0835. The van der Waals surface area contributed by atoms with Gasteiger partial charge in [-0.15, -0.1) is 11.3 Å². The van der Waals surface area contributed by atoms with Gasteiger partial charge in [0.25, 0.3) is 0 Å². The van der Waals surface area contributed by atoms with E-state index in [0.717, 1.165) is 16.5 Å². The van der Waals surface area contributed by atoms with E-state index in [4.69, 9.17) is 9.72 Å². The van der Waals surface area contributed by atoms with Crippen molar-refractivity contribution in [3.63, 3.8) is 0 Å². The van der Waals surface area contributed by atoms with Crippen LogP contribution in [0.15, 0.2) is 29.6 Å². The average Bonchev–Trinajstić information content (AvgIpc) is 2.90. The van der Waals surface area contributed by atoms with E-state index < -0.39 is 0 Å². The lowest BCUT2D eigenvalue weighted by molar-refractivity contribution is 0.339. The van der Waals surface area contributed by atoms with Crippen molar-refractivity contribution in [2.24, 2.45) is 0 Å². The van der Waals surface area contributed by atoms with Gasteiger partial charge in [0.15, 0.2) is 0 Å². The third-order valence-electron chi connectivity index (χ3n) is 3.33. The van der Waals surface area contributed by atoms with Crippen LogP contribution in [0.3, 0.4) is 0 Å². The molecule has 1 heterocycles. The molecule has 4 heteroatoms. The third kappa shape index (κ3) is 3.83. The van der Waals surface area contributed by atoms with Gasteiger partial charge in [0.1, 0.15) is 10.8 Å². The minimum Gasteiger partial charge on any atom is -0.494 e. The standard InChI is InChI=1S/C17H24N2OS/c1-6-20-13-9-7-8-12(10-13)15(18-5)16-19-14(11-21-16)17(2,3)4/h7-11,15,18H,6H2,1-5H3. The third-order valence-corrected chi connectivity index (χ3v) is 4.24. The highest BCUT2D eigenvalue weighted by Gasteiger charge is 2.21. The molecule has 3 nitrogen and oxygen atoms in total. The Hall–Kier alpha value is -1.39. The fourth-order valence-electron chi connectivity index (χ4n) is 2.15. The highest BCUT2D eigenvalue weighted by Crippen LogP contribution is 2.30. The first-order valence-electron chi connectivity index (χ1n) is 7.31. The highest BCUT2D eigenvalue weighted by molar-refractivity contribution is 7.09. The van der Waals surface area contributed by atoms with E-state index in [1.165, 1.54) is 5.56 Å². The molecule has 0 bridgehead atoms. The molecule has 0 aliphatic rings. The minimum absolute atomic E-state index is 0.0835. The average molecular weight is 304 g/mol. The molecule has 1 unspecified atom stereocenters. The Kier molecular flexibility index (Phi) is 5.01. The molecule has 1 atom stereocenters. The summed E-state index contributed by atoms with van der Waals surface area (Å²) in [7, 11) is 1.97. The van der Waals surface area contributed by atoms with Gasteiger partial charge in [0.2, 0.25) is 0 Å². The van der Waals surface area contributed by atoms with Crippen molar-refractivity contribution in [3.8, 4) is 5.75 Å².